The highest BCUT2D eigenvalue weighted by molar-refractivity contribution is 6.32. The fourth-order valence-electron chi connectivity index (χ4n) is 2.27. The molecule has 0 aromatic rings. The van der Waals surface area contributed by atoms with Crippen LogP contribution in [0.3, 0.4) is 0 Å². The number of amides is 1. The van der Waals surface area contributed by atoms with Crippen molar-refractivity contribution >= 4 is 23.5 Å². The van der Waals surface area contributed by atoms with Crippen LogP contribution in [0.25, 0.3) is 0 Å². The number of carbonyl (C=O) groups is 1. The molecule has 1 heterocycles. The van der Waals surface area contributed by atoms with E-state index in [1.54, 1.807) is 6.20 Å². The van der Waals surface area contributed by atoms with Crippen LogP contribution in [0.2, 0.25) is 0 Å². The second-order valence-electron chi connectivity index (χ2n) is 4.86. The molecule has 1 saturated heterocycles. The summed E-state index contributed by atoms with van der Waals surface area (Å²) in [6, 6.07) is 0. The van der Waals surface area contributed by atoms with Gasteiger partial charge in [-0.1, -0.05) is 31.0 Å². The third-order valence-electron chi connectivity index (χ3n) is 3.49. The molecule has 1 saturated carbocycles. The lowest BCUT2D eigenvalue weighted by molar-refractivity contribution is 0.0547. The van der Waals surface area contributed by atoms with Gasteiger partial charge in [-0.15, -0.1) is 0 Å². The Morgan fingerprint density at radius 1 is 1.58 bits per heavy atom. The van der Waals surface area contributed by atoms with E-state index in [0.717, 1.165) is 24.8 Å². The fraction of sp³-hybridized carbons (Fsp3) is 0.571. The molecular formula is C14H19ClN2O2. The Hall–Kier alpha value is -1.29. The number of halogens is 1. The van der Waals surface area contributed by atoms with Gasteiger partial charge in [0.05, 0.1) is 0 Å². The third-order valence-corrected chi connectivity index (χ3v) is 3.69. The van der Waals surface area contributed by atoms with Crippen LogP contribution in [0.1, 0.15) is 39.5 Å². The maximum Gasteiger partial charge on any atom is 0.413 e. The monoisotopic (exact) mass is 282 g/mol. The second kappa shape index (κ2) is 6.24. The minimum Gasteiger partial charge on any atom is -0.441 e. The van der Waals surface area contributed by atoms with Crippen molar-refractivity contribution in [1.29, 1.82) is 0 Å². The molecule has 5 heteroatoms. The van der Waals surface area contributed by atoms with Gasteiger partial charge in [-0.25, -0.2) is 9.79 Å². The molecule has 2 rings (SSSR count). The number of alkyl carbamates (subject to hydrolysis) is 1. The van der Waals surface area contributed by atoms with Crippen molar-refractivity contribution in [2.45, 2.75) is 45.6 Å². The van der Waals surface area contributed by atoms with Crippen LogP contribution in [0, 0.1) is 5.92 Å². The second-order valence-corrected chi connectivity index (χ2v) is 5.43. The lowest BCUT2D eigenvalue weighted by Gasteiger charge is -2.37. The molecule has 1 unspecified atom stereocenters. The summed E-state index contributed by atoms with van der Waals surface area (Å²) in [5.74, 6) is 0.889. The number of hydrogen-bond acceptors (Lipinski definition) is 3. The molecule has 0 aromatic carbocycles. The van der Waals surface area contributed by atoms with E-state index in [-0.39, 0.29) is 6.10 Å². The number of aliphatic imine (C=N–C) groups is 1. The minimum atomic E-state index is -0.442. The first kappa shape index (κ1) is 14.1. The Balaban J connectivity index is 2.29. The summed E-state index contributed by atoms with van der Waals surface area (Å²) < 4.78 is 5.40. The van der Waals surface area contributed by atoms with E-state index in [9.17, 15) is 4.79 Å². The van der Waals surface area contributed by atoms with Gasteiger partial charge in [0.15, 0.2) is 0 Å². The number of nitrogens with zero attached hydrogens (tertiary/aromatic N) is 1. The van der Waals surface area contributed by atoms with Crippen molar-refractivity contribution in [2.75, 3.05) is 0 Å². The molecule has 4 nitrogen and oxygen atoms in total. The first-order valence-corrected chi connectivity index (χ1v) is 7.08. The number of carbonyl (C=O) groups excluding carboxylic acids is 1. The number of amidine groups is 1. The van der Waals surface area contributed by atoms with Gasteiger partial charge < -0.3 is 4.74 Å². The lowest BCUT2D eigenvalue weighted by atomic mass is 9.77. The highest BCUT2D eigenvalue weighted by atomic mass is 35.5. The maximum absolute atomic E-state index is 11.6. The quantitative estimate of drug-likeness (QED) is 0.857. The van der Waals surface area contributed by atoms with Crippen LogP contribution < -0.4 is 5.32 Å². The maximum atomic E-state index is 11.6. The van der Waals surface area contributed by atoms with E-state index in [0.29, 0.717) is 16.8 Å². The number of cyclic esters (lactones) is 1. The Morgan fingerprint density at radius 3 is 2.84 bits per heavy atom. The van der Waals surface area contributed by atoms with Gasteiger partial charge in [0.1, 0.15) is 11.9 Å². The summed E-state index contributed by atoms with van der Waals surface area (Å²) in [5, 5.41) is 3.26. The third kappa shape index (κ3) is 3.18. The van der Waals surface area contributed by atoms with Crippen molar-refractivity contribution < 1.29 is 9.53 Å². The van der Waals surface area contributed by atoms with E-state index >= 15 is 0 Å². The fourth-order valence-corrected chi connectivity index (χ4v) is 2.47. The lowest BCUT2D eigenvalue weighted by Crippen LogP contribution is -2.48. The average molecular weight is 283 g/mol. The van der Waals surface area contributed by atoms with Gasteiger partial charge in [-0.3, -0.25) is 5.32 Å². The van der Waals surface area contributed by atoms with Crippen molar-refractivity contribution in [3.05, 3.63) is 22.9 Å². The highest BCUT2D eigenvalue weighted by Gasteiger charge is 2.39. The van der Waals surface area contributed by atoms with E-state index in [4.69, 9.17) is 16.3 Å². The predicted molar refractivity (Wildman–Crippen MR) is 76.2 cm³/mol. The zero-order valence-corrected chi connectivity index (χ0v) is 12.0. The standard InChI is InChI=1S/C14H19ClN2O2/c1-3-4-8-16-13-11(9(2)15)12(10-6-5-7-10)19-14(18)17-13/h4,8,10,12H,3,5-7H2,1-2H3,(H,16,17,18)/b8-4+,11-9+. The van der Waals surface area contributed by atoms with Crippen LogP contribution in [0.4, 0.5) is 4.79 Å². The first-order chi connectivity index (χ1) is 9.13. The molecule has 1 atom stereocenters. The normalized spacial score (nSPS) is 29.1. The number of nitrogens with one attached hydrogen (secondary N) is 1. The largest absolute Gasteiger partial charge is 0.441 e. The zero-order valence-electron chi connectivity index (χ0n) is 11.3. The Bertz CT molecular complexity index is 446. The Kier molecular flexibility index (Phi) is 4.64. The molecule has 0 aromatic heterocycles. The minimum absolute atomic E-state index is 0.256. The van der Waals surface area contributed by atoms with Crippen molar-refractivity contribution in [2.24, 2.45) is 10.9 Å². The molecule has 1 N–H and O–H groups in total. The highest BCUT2D eigenvalue weighted by Crippen LogP contribution is 2.37. The van der Waals surface area contributed by atoms with Crippen LogP contribution in [-0.2, 0) is 4.74 Å². The zero-order chi connectivity index (χ0) is 13.8. The van der Waals surface area contributed by atoms with Gasteiger partial charge in [-0.2, -0.15) is 0 Å². The summed E-state index contributed by atoms with van der Waals surface area (Å²) in [5.41, 5.74) is 0.812. The van der Waals surface area contributed by atoms with E-state index < -0.39 is 6.09 Å². The number of ether oxygens (including phenoxy) is 1. The van der Waals surface area contributed by atoms with Gasteiger partial charge in [-0.05, 0) is 26.2 Å². The van der Waals surface area contributed by atoms with Gasteiger partial charge in [0.25, 0.3) is 0 Å². The molecule has 1 amide bonds. The summed E-state index contributed by atoms with van der Waals surface area (Å²) in [4.78, 5) is 15.9. The van der Waals surface area contributed by atoms with Gasteiger partial charge >= 0.3 is 6.09 Å². The molecular weight excluding hydrogens is 264 g/mol. The van der Waals surface area contributed by atoms with Crippen LogP contribution in [-0.4, -0.2) is 18.0 Å². The summed E-state index contributed by atoms with van der Waals surface area (Å²) in [7, 11) is 0. The molecule has 19 heavy (non-hydrogen) atoms. The molecule has 1 aliphatic carbocycles. The average Bonchev–Trinajstić information content (AvgIpc) is 2.25. The smallest absolute Gasteiger partial charge is 0.413 e. The van der Waals surface area contributed by atoms with E-state index in [1.807, 2.05) is 19.9 Å². The van der Waals surface area contributed by atoms with Crippen molar-refractivity contribution in [3.63, 3.8) is 0 Å². The Morgan fingerprint density at radius 2 is 2.32 bits per heavy atom. The Labute approximate surface area is 118 Å². The van der Waals surface area contributed by atoms with Crippen molar-refractivity contribution in [3.8, 4) is 0 Å². The SMILES string of the molecule is CC/C=C/N=C1\NC(=O)OC(C2CCC2)\C1=C(\C)Cl. The molecule has 2 fully saturated rings. The summed E-state index contributed by atoms with van der Waals surface area (Å²) in [6.07, 6.45) is 7.14. The predicted octanol–water partition coefficient (Wildman–Crippen LogP) is 3.73. The van der Waals surface area contributed by atoms with Crippen LogP contribution >= 0.6 is 11.6 Å². The molecule has 0 spiro atoms. The summed E-state index contributed by atoms with van der Waals surface area (Å²) in [6.45, 7) is 3.84. The molecule has 2 aliphatic rings. The molecule has 0 bridgehead atoms. The molecule has 1 aliphatic heterocycles. The number of hydrogen-bond donors (Lipinski definition) is 1. The van der Waals surface area contributed by atoms with Gasteiger partial charge in [0, 0.05) is 22.7 Å². The van der Waals surface area contributed by atoms with E-state index in [2.05, 4.69) is 10.3 Å². The first-order valence-electron chi connectivity index (χ1n) is 6.70. The number of allylic oxidation sites excluding steroid dienone is 2. The molecule has 104 valence electrons. The van der Waals surface area contributed by atoms with Crippen LogP contribution in [0.15, 0.2) is 27.9 Å². The number of rotatable bonds is 3. The van der Waals surface area contributed by atoms with Gasteiger partial charge in [0.2, 0.25) is 0 Å². The summed E-state index contributed by atoms with van der Waals surface area (Å²) >= 11 is 6.18. The van der Waals surface area contributed by atoms with E-state index in [1.165, 1.54) is 6.42 Å². The topological polar surface area (TPSA) is 50.7 Å². The van der Waals surface area contributed by atoms with Crippen LogP contribution in [0.5, 0.6) is 0 Å². The molecule has 0 radical (unpaired) electrons. The van der Waals surface area contributed by atoms with Crippen molar-refractivity contribution in [1.82, 2.24) is 5.32 Å².